The number of aliphatic hydroxyl groups excluding tert-OH is 1. The van der Waals surface area contributed by atoms with Gasteiger partial charge >= 0.3 is 0 Å². The van der Waals surface area contributed by atoms with Crippen molar-refractivity contribution in [3.8, 4) is 0 Å². The highest BCUT2D eigenvalue weighted by Gasteiger charge is 2.24. The normalized spacial score (nSPS) is 23.3. The van der Waals surface area contributed by atoms with Crippen molar-refractivity contribution in [2.45, 2.75) is 51.6 Å². The van der Waals surface area contributed by atoms with Crippen LogP contribution in [0.4, 0.5) is 0 Å². The predicted octanol–water partition coefficient (Wildman–Crippen LogP) is 1.04. The number of nitrogens with zero attached hydrogens (tertiary/aromatic N) is 2. The van der Waals surface area contributed by atoms with Gasteiger partial charge in [-0.3, -0.25) is 9.89 Å². The lowest BCUT2D eigenvalue weighted by atomic mass is 9.86. The summed E-state index contributed by atoms with van der Waals surface area (Å²) < 4.78 is 0. The van der Waals surface area contributed by atoms with Crippen LogP contribution in [0.5, 0.6) is 0 Å². The van der Waals surface area contributed by atoms with Crippen LogP contribution < -0.4 is 5.32 Å². The van der Waals surface area contributed by atoms with Gasteiger partial charge in [-0.25, -0.2) is 4.98 Å². The van der Waals surface area contributed by atoms with Gasteiger partial charge < -0.3 is 10.4 Å². The summed E-state index contributed by atoms with van der Waals surface area (Å²) in [6.45, 7) is 2.55. The molecule has 106 valence electrons. The maximum Gasteiger partial charge on any atom is 0.290 e. The third kappa shape index (κ3) is 3.76. The number of amides is 1. The molecule has 6 nitrogen and oxygen atoms in total. The van der Waals surface area contributed by atoms with Crippen molar-refractivity contribution in [3.05, 3.63) is 11.6 Å². The first-order chi connectivity index (χ1) is 9.20. The average molecular weight is 266 g/mol. The molecule has 0 aliphatic heterocycles. The van der Waals surface area contributed by atoms with E-state index in [0.29, 0.717) is 6.54 Å². The lowest BCUT2D eigenvalue weighted by Crippen LogP contribution is -2.37. The molecule has 1 aliphatic rings. The topological polar surface area (TPSA) is 90.9 Å². The molecule has 1 fully saturated rings. The molecule has 1 aromatic rings. The molecule has 1 aromatic heterocycles. The molecule has 2 unspecified atom stereocenters. The zero-order chi connectivity index (χ0) is 13.7. The third-order valence-electron chi connectivity index (χ3n) is 3.62. The monoisotopic (exact) mass is 266 g/mol. The number of hydrogen-bond donors (Lipinski definition) is 3. The molecule has 0 bridgehead atoms. The van der Waals surface area contributed by atoms with E-state index in [0.717, 1.165) is 44.3 Å². The van der Waals surface area contributed by atoms with Crippen LogP contribution in [0, 0.1) is 5.92 Å². The first-order valence-electron chi connectivity index (χ1n) is 7.08. The summed E-state index contributed by atoms with van der Waals surface area (Å²) in [6, 6.07) is 0. The Morgan fingerprint density at radius 3 is 3.00 bits per heavy atom. The van der Waals surface area contributed by atoms with Crippen LogP contribution in [0.25, 0.3) is 0 Å². The number of nitrogens with one attached hydrogen (secondary N) is 2. The molecular formula is C13H22N4O2. The van der Waals surface area contributed by atoms with Crippen molar-refractivity contribution in [2.24, 2.45) is 5.92 Å². The Morgan fingerprint density at radius 1 is 1.47 bits per heavy atom. The van der Waals surface area contributed by atoms with E-state index >= 15 is 0 Å². The van der Waals surface area contributed by atoms with Crippen molar-refractivity contribution in [3.63, 3.8) is 0 Å². The number of carbonyl (C=O) groups is 1. The van der Waals surface area contributed by atoms with Gasteiger partial charge in [-0.1, -0.05) is 19.8 Å². The number of H-pyrrole nitrogens is 1. The van der Waals surface area contributed by atoms with Crippen LogP contribution in [0.2, 0.25) is 0 Å². The van der Waals surface area contributed by atoms with Crippen LogP contribution >= 0.6 is 0 Å². The number of carbonyl (C=O) groups excluding carboxylic acids is 1. The second-order valence-electron chi connectivity index (χ2n) is 5.18. The fourth-order valence-electron chi connectivity index (χ4n) is 2.47. The minimum Gasteiger partial charge on any atom is -0.393 e. The summed E-state index contributed by atoms with van der Waals surface area (Å²) in [7, 11) is 0. The van der Waals surface area contributed by atoms with Gasteiger partial charge in [0.05, 0.1) is 6.10 Å². The average Bonchev–Trinajstić information content (AvgIpc) is 2.87. The second kappa shape index (κ2) is 6.65. The molecule has 19 heavy (non-hydrogen) atoms. The Balaban J connectivity index is 1.82. The van der Waals surface area contributed by atoms with Gasteiger partial charge in [0.2, 0.25) is 5.82 Å². The molecule has 0 spiro atoms. The van der Waals surface area contributed by atoms with Crippen molar-refractivity contribution in [1.29, 1.82) is 0 Å². The first kappa shape index (κ1) is 14.0. The molecule has 1 saturated carbocycles. The van der Waals surface area contributed by atoms with E-state index in [1.807, 2.05) is 6.92 Å². The van der Waals surface area contributed by atoms with Crippen LogP contribution in [0.3, 0.4) is 0 Å². The number of rotatable bonds is 5. The summed E-state index contributed by atoms with van der Waals surface area (Å²) in [5, 5.41) is 19.3. The van der Waals surface area contributed by atoms with E-state index in [2.05, 4.69) is 20.5 Å². The van der Waals surface area contributed by atoms with Crippen LogP contribution in [-0.2, 0) is 6.42 Å². The predicted molar refractivity (Wildman–Crippen MR) is 70.7 cm³/mol. The largest absolute Gasteiger partial charge is 0.393 e. The Bertz CT molecular complexity index is 419. The first-order valence-corrected chi connectivity index (χ1v) is 7.08. The highest BCUT2D eigenvalue weighted by atomic mass is 16.3. The minimum atomic E-state index is -0.295. The van der Waals surface area contributed by atoms with Gasteiger partial charge in [0, 0.05) is 18.9 Å². The van der Waals surface area contributed by atoms with Crippen LogP contribution in [-0.4, -0.2) is 38.8 Å². The Hall–Kier alpha value is -1.43. The van der Waals surface area contributed by atoms with Gasteiger partial charge in [-0.05, 0) is 19.3 Å². The molecule has 1 heterocycles. The number of aromatic amines is 1. The molecule has 1 amide bonds. The summed E-state index contributed by atoms with van der Waals surface area (Å²) in [6.07, 6.45) is 5.47. The molecule has 6 heteroatoms. The third-order valence-corrected chi connectivity index (χ3v) is 3.62. The van der Waals surface area contributed by atoms with Gasteiger partial charge in [0.15, 0.2) is 0 Å². The van der Waals surface area contributed by atoms with Crippen LogP contribution in [0.1, 0.15) is 55.5 Å². The number of aliphatic hydroxyl groups is 1. The number of hydrogen-bond acceptors (Lipinski definition) is 4. The maximum absolute atomic E-state index is 11.9. The van der Waals surface area contributed by atoms with Crippen molar-refractivity contribution >= 4 is 5.91 Å². The van der Waals surface area contributed by atoms with Gasteiger partial charge in [-0.2, -0.15) is 0 Å². The lowest BCUT2D eigenvalue weighted by Gasteiger charge is -2.27. The summed E-state index contributed by atoms with van der Waals surface area (Å²) in [5.74, 6) is 0.822. The zero-order valence-corrected chi connectivity index (χ0v) is 11.4. The molecule has 2 atom stereocenters. The minimum absolute atomic E-state index is 0.159. The van der Waals surface area contributed by atoms with Gasteiger partial charge in [0.25, 0.3) is 5.91 Å². The maximum atomic E-state index is 11.9. The van der Waals surface area contributed by atoms with E-state index < -0.39 is 0 Å². The SMILES string of the molecule is CCCc1nc(C(=O)NCC2CCCCC2O)n[nH]1. The lowest BCUT2D eigenvalue weighted by molar-refractivity contribution is 0.0660. The van der Waals surface area contributed by atoms with E-state index in [1.54, 1.807) is 0 Å². The van der Waals surface area contributed by atoms with E-state index in [4.69, 9.17) is 0 Å². The quantitative estimate of drug-likeness (QED) is 0.742. The molecule has 0 radical (unpaired) electrons. The number of aromatic nitrogens is 3. The van der Waals surface area contributed by atoms with Crippen molar-refractivity contribution < 1.29 is 9.90 Å². The van der Waals surface area contributed by atoms with Crippen LogP contribution in [0.15, 0.2) is 0 Å². The standard InChI is InChI=1S/C13H22N4O2/c1-2-5-11-15-12(17-16-11)13(19)14-8-9-6-3-4-7-10(9)18/h9-10,18H,2-8H2,1H3,(H,14,19)(H,15,16,17). The molecule has 0 saturated heterocycles. The second-order valence-corrected chi connectivity index (χ2v) is 5.18. The van der Waals surface area contributed by atoms with E-state index in [-0.39, 0.29) is 23.8 Å². The molecule has 1 aliphatic carbocycles. The Kier molecular flexibility index (Phi) is 4.90. The summed E-state index contributed by atoms with van der Waals surface area (Å²) >= 11 is 0. The molecule has 0 aromatic carbocycles. The summed E-state index contributed by atoms with van der Waals surface area (Å²) in [5.41, 5.74) is 0. The van der Waals surface area contributed by atoms with E-state index in [1.165, 1.54) is 0 Å². The summed E-state index contributed by atoms with van der Waals surface area (Å²) in [4.78, 5) is 16.0. The molecular weight excluding hydrogens is 244 g/mol. The van der Waals surface area contributed by atoms with Crippen molar-refractivity contribution in [2.75, 3.05) is 6.54 Å². The highest BCUT2D eigenvalue weighted by molar-refractivity contribution is 5.90. The molecule has 3 N–H and O–H groups in total. The van der Waals surface area contributed by atoms with Gasteiger partial charge in [-0.15, -0.1) is 5.10 Å². The fourth-order valence-corrected chi connectivity index (χ4v) is 2.47. The van der Waals surface area contributed by atoms with Gasteiger partial charge in [0.1, 0.15) is 5.82 Å². The Morgan fingerprint density at radius 2 is 2.26 bits per heavy atom. The number of aryl methyl sites for hydroxylation is 1. The Labute approximate surface area is 113 Å². The van der Waals surface area contributed by atoms with E-state index in [9.17, 15) is 9.90 Å². The fraction of sp³-hybridized carbons (Fsp3) is 0.769. The highest BCUT2D eigenvalue weighted by Crippen LogP contribution is 2.23. The zero-order valence-electron chi connectivity index (χ0n) is 11.4. The smallest absolute Gasteiger partial charge is 0.290 e. The molecule has 2 rings (SSSR count). The van der Waals surface area contributed by atoms with Crippen molar-refractivity contribution in [1.82, 2.24) is 20.5 Å².